The van der Waals surface area contributed by atoms with Gasteiger partial charge in [0.1, 0.15) is 13.2 Å². The molecule has 6 unspecified atom stereocenters. The number of hydrogen-bond acceptors (Lipinski definition) is 7. The first-order valence-electron chi connectivity index (χ1n) is 26.3. The van der Waals surface area contributed by atoms with Gasteiger partial charge in [0.05, 0.1) is 39.6 Å². The minimum atomic E-state index is -1.73. The molecule has 4 fully saturated rings. The quantitative estimate of drug-likeness (QED) is 0.106. The number of rotatable bonds is 13. The number of hydrogen-bond donors (Lipinski definition) is 1. The van der Waals surface area contributed by atoms with E-state index < -0.39 is 8.32 Å². The Labute approximate surface area is 410 Å². The maximum atomic E-state index is 10.6. The molecule has 1 N–H and O–H groups in total. The summed E-state index contributed by atoms with van der Waals surface area (Å²) in [6, 6.07) is 29.7. The Hall–Kier alpha value is -3.82. The number of aryl methyl sites for hydroxylation is 2. The minimum absolute atomic E-state index is 0.113. The van der Waals surface area contributed by atoms with Crippen LogP contribution in [0.4, 0.5) is 0 Å². The van der Waals surface area contributed by atoms with Crippen molar-refractivity contribution in [3.05, 3.63) is 118 Å². The number of methoxy groups -OCH3 is 2. The molecule has 0 aromatic heterocycles. The Morgan fingerprint density at radius 1 is 0.588 bits per heavy atom. The number of aliphatic hydroxyl groups excluding tert-OH is 1. The van der Waals surface area contributed by atoms with Crippen LogP contribution in [-0.4, -0.2) is 53.1 Å². The van der Waals surface area contributed by atoms with Crippen LogP contribution in [0, 0.1) is 34.5 Å². The van der Waals surface area contributed by atoms with Gasteiger partial charge in [-0.25, -0.2) is 0 Å². The maximum Gasteiger partial charge on any atom is 0.192 e. The first-order chi connectivity index (χ1) is 32.6. The van der Waals surface area contributed by atoms with Crippen LogP contribution >= 0.6 is 0 Å². The molecule has 0 aliphatic heterocycles. The van der Waals surface area contributed by atoms with Crippen LogP contribution in [0.3, 0.4) is 0 Å². The van der Waals surface area contributed by atoms with E-state index in [1.54, 1.807) is 14.2 Å². The summed E-state index contributed by atoms with van der Waals surface area (Å²) < 4.78 is 37.0. The number of benzene rings is 4. The van der Waals surface area contributed by atoms with Crippen molar-refractivity contribution < 1.29 is 33.2 Å². The number of ether oxygens (including phenoxy) is 5. The molecule has 0 saturated heterocycles. The molecule has 0 amide bonds. The Morgan fingerprint density at radius 2 is 1.07 bits per heavy atom. The Morgan fingerprint density at radius 3 is 1.57 bits per heavy atom. The van der Waals surface area contributed by atoms with Crippen molar-refractivity contribution in [2.24, 2.45) is 34.5 Å². The van der Waals surface area contributed by atoms with Gasteiger partial charge in [0.2, 0.25) is 0 Å². The topological polar surface area (TPSA) is 75.6 Å². The fourth-order valence-corrected chi connectivity index (χ4v) is 15.1. The zero-order valence-electron chi connectivity index (χ0n) is 42.9. The molecule has 0 radical (unpaired) electrons. The molecule has 10 atom stereocenters. The lowest BCUT2D eigenvalue weighted by Gasteiger charge is -2.50. The third-order valence-corrected chi connectivity index (χ3v) is 23.6. The predicted octanol–water partition coefficient (Wildman–Crippen LogP) is 14.0. The van der Waals surface area contributed by atoms with Crippen LogP contribution in [0.5, 0.6) is 23.0 Å². The van der Waals surface area contributed by atoms with Crippen LogP contribution in [0.1, 0.15) is 144 Å². The number of fused-ring (bicyclic) bond motifs is 10. The van der Waals surface area contributed by atoms with Gasteiger partial charge in [-0.3, -0.25) is 0 Å². The van der Waals surface area contributed by atoms with E-state index in [2.05, 4.69) is 108 Å². The summed E-state index contributed by atoms with van der Waals surface area (Å²) in [6.45, 7) is 19.0. The van der Waals surface area contributed by atoms with Gasteiger partial charge in [-0.05, 0) is 199 Å². The molecule has 368 valence electrons. The van der Waals surface area contributed by atoms with Crippen molar-refractivity contribution in [1.29, 1.82) is 0 Å². The summed E-state index contributed by atoms with van der Waals surface area (Å²) in [5.74, 6) is 7.46. The average molecular weight is 943 g/mol. The van der Waals surface area contributed by atoms with Crippen LogP contribution in [0.25, 0.3) is 0 Å². The van der Waals surface area contributed by atoms with E-state index in [9.17, 15) is 5.11 Å². The predicted molar refractivity (Wildman–Crippen MR) is 276 cm³/mol. The Balaban J connectivity index is 0.000000177. The SMILES string of the molecule is COc1cc2c(cc1OCc1ccccc1)CCC1C2CC[C@@]2(C)C1CC[C@@H]2O.COc1cc2c(cc1OCc1ccccc1)CCC1C2CC[C@@]2(C)C1CC[C@@H]2OCCO[Si](C)(C)C(C)(C)C. The maximum absolute atomic E-state index is 10.6. The van der Waals surface area contributed by atoms with E-state index in [1.807, 2.05) is 24.3 Å². The lowest BCUT2D eigenvalue weighted by molar-refractivity contribution is -0.0701. The summed E-state index contributed by atoms with van der Waals surface area (Å²) in [5, 5.41) is 10.8. The molecule has 0 spiro atoms. The van der Waals surface area contributed by atoms with E-state index in [1.165, 1.54) is 84.7 Å². The second kappa shape index (κ2) is 20.1. The zero-order chi connectivity index (χ0) is 47.8. The average Bonchev–Trinajstić information content (AvgIpc) is 3.85. The number of aliphatic hydroxyl groups is 1. The smallest absolute Gasteiger partial charge is 0.192 e. The van der Waals surface area contributed by atoms with Gasteiger partial charge in [-0.15, -0.1) is 0 Å². The van der Waals surface area contributed by atoms with Gasteiger partial charge in [-0.1, -0.05) is 95.3 Å². The van der Waals surface area contributed by atoms with Gasteiger partial charge >= 0.3 is 0 Å². The molecule has 6 aliphatic carbocycles. The molecule has 4 aromatic carbocycles. The molecule has 4 aromatic rings. The van der Waals surface area contributed by atoms with Crippen molar-refractivity contribution in [3.8, 4) is 23.0 Å². The highest BCUT2D eigenvalue weighted by Crippen LogP contribution is 2.63. The van der Waals surface area contributed by atoms with Crippen molar-refractivity contribution >= 4 is 8.32 Å². The van der Waals surface area contributed by atoms with Crippen LogP contribution < -0.4 is 18.9 Å². The van der Waals surface area contributed by atoms with E-state index in [0.29, 0.717) is 43.0 Å². The molecular weight excluding hydrogens is 861 g/mol. The van der Waals surface area contributed by atoms with Gasteiger partial charge in [0.25, 0.3) is 0 Å². The molecule has 4 saturated carbocycles. The zero-order valence-corrected chi connectivity index (χ0v) is 43.9. The standard InChI is InChI=1S/C34H50O4Si.C26H32O3/c1-33(2,3)39(6,7)38-20-19-36-32-16-15-29-27-14-13-25-21-31(37-23-24-11-9-8-10-12-24)30(35-5)22-28(25)26(27)17-18-34(29,32)4;1-26-13-12-19-20(22(26)10-11-25(26)27)9-8-18-14-24(23(28-2)15-21(18)19)29-16-17-6-4-3-5-7-17/h8-12,21-22,26-27,29,32H,13-20,23H2,1-7H3;3-7,14-15,19-20,22,25,27H,8-13,16H2,1-2H3/t26?,27?,29?,32-,34-;19?,20?,22?,25-,26-/m00/s1. The van der Waals surface area contributed by atoms with Crippen LogP contribution in [0.2, 0.25) is 18.1 Å². The second-order valence-corrected chi connectivity index (χ2v) is 28.3. The first kappa shape index (κ1) is 49.2. The fourth-order valence-electron chi connectivity index (χ4n) is 14.1. The van der Waals surface area contributed by atoms with Crippen LogP contribution in [0.15, 0.2) is 84.9 Å². The van der Waals surface area contributed by atoms with Gasteiger partial charge in [0.15, 0.2) is 31.3 Å². The van der Waals surface area contributed by atoms with Crippen molar-refractivity contribution in [1.82, 2.24) is 0 Å². The highest BCUT2D eigenvalue weighted by atomic mass is 28.4. The van der Waals surface area contributed by atoms with Gasteiger partial charge in [-0.2, -0.15) is 0 Å². The minimum Gasteiger partial charge on any atom is -0.493 e. The Bertz CT molecular complexity index is 2330. The molecule has 8 heteroatoms. The van der Waals surface area contributed by atoms with E-state index >= 15 is 0 Å². The summed E-state index contributed by atoms with van der Waals surface area (Å²) in [6.07, 6.45) is 14.4. The third-order valence-electron chi connectivity index (χ3n) is 19.0. The van der Waals surface area contributed by atoms with Gasteiger partial charge < -0.3 is 33.2 Å². The molecule has 0 heterocycles. The van der Waals surface area contributed by atoms with E-state index in [0.717, 1.165) is 73.7 Å². The normalized spacial score (nSPS) is 30.3. The van der Waals surface area contributed by atoms with E-state index in [4.69, 9.17) is 28.1 Å². The highest BCUT2D eigenvalue weighted by Gasteiger charge is 2.56. The molecule has 7 nitrogen and oxygen atoms in total. The molecular formula is C60H82O7Si. The molecule has 0 bridgehead atoms. The monoisotopic (exact) mass is 943 g/mol. The van der Waals surface area contributed by atoms with Crippen molar-refractivity contribution in [2.75, 3.05) is 27.4 Å². The lowest BCUT2D eigenvalue weighted by Crippen LogP contribution is -2.45. The second-order valence-electron chi connectivity index (χ2n) is 23.5. The van der Waals surface area contributed by atoms with E-state index in [-0.39, 0.29) is 22.0 Å². The first-order valence-corrected chi connectivity index (χ1v) is 29.2. The van der Waals surface area contributed by atoms with Crippen molar-refractivity contribution in [2.45, 2.75) is 167 Å². The molecule has 6 aliphatic rings. The van der Waals surface area contributed by atoms with Gasteiger partial charge in [0, 0.05) is 0 Å². The molecule has 68 heavy (non-hydrogen) atoms. The van der Waals surface area contributed by atoms with Crippen molar-refractivity contribution in [3.63, 3.8) is 0 Å². The summed E-state index contributed by atoms with van der Waals surface area (Å²) in [5.41, 5.74) is 8.60. The summed E-state index contributed by atoms with van der Waals surface area (Å²) >= 11 is 0. The fraction of sp³-hybridized carbons (Fsp3) is 0.600. The van der Waals surface area contributed by atoms with Crippen LogP contribution in [-0.2, 0) is 35.2 Å². The summed E-state index contributed by atoms with van der Waals surface area (Å²) in [7, 11) is 1.78. The third kappa shape index (κ3) is 9.66. The highest BCUT2D eigenvalue weighted by molar-refractivity contribution is 6.74. The largest absolute Gasteiger partial charge is 0.493 e. The Kier molecular flexibility index (Phi) is 14.5. The lowest BCUT2D eigenvalue weighted by atomic mass is 9.55. The molecule has 10 rings (SSSR count). The summed E-state index contributed by atoms with van der Waals surface area (Å²) in [4.78, 5) is 0.